The minimum Gasteiger partial charge on any atom is -0.294 e. The van der Waals surface area contributed by atoms with Gasteiger partial charge in [0.05, 0.1) is 9.75 Å². The molecule has 3 aromatic carbocycles. The number of benzene rings is 3. The van der Waals surface area contributed by atoms with Crippen LogP contribution in [0.4, 0.5) is 0 Å². The molecule has 2 heterocycles. The Morgan fingerprint density at radius 1 is 0.615 bits per heavy atom. The van der Waals surface area contributed by atoms with Crippen LogP contribution in [-0.4, -0.2) is 11.6 Å². The second-order valence-corrected chi connectivity index (χ2v) is 8.79. The van der Waals surface area contributed by atoms with Crippen LogP contribution in [0.5, 0.6) is 0 Å². The highest BCUT2D eigenvalue weighted by atomic mass is 32.1. The summed E-state index contributed by atoms with van der Waals surface area (Å²) in [5.41, 5.74) is 0. The molecule has 0 fully saturated rings. The van der Waals surface area contributed by atoms with Gasteiger partial charge in [0.15, 0.2) is 11.6 Å². The first-order valence-electron chi connectivity index (χ1n) is 8.35. The summed E-state index contributed by atoms with van der Waals surface area (Å²) < 4.78 is 2.26. The first kappa shape index (κ1) is 15.7. The van der Waals surface area contributed by atoms with E-state index < -0.39 is 0 Å². The van der Waals surface area contributed by atoms with E-state index in [1.807, 2.05) is 12.1 Å². The van der Waals surface area contributed by atoms with Crippen molar-refractivity contribution in [2.75, 3.05) is 0 Å². The maximum Gasteiger partial charge on any atom is 0.169 e. The summed E-state index contributed by atoms with van der Waals surface area (Å²) in [7, 11) is 0. The van der Waals surface area contributed by atoms with Crippen LogP contribution in [0.3, 0.4) is 0 Å². The van der Waals surface area contributed by atoms with Gasteiger partial charge in [-0.15, -0.1) is 22.7 Å². The Morgan fingerprint density at radius 3 is 1.42 bits per heavy atom. The summed E-state index contributed by atoms with van der Waals surface area (Å²) in [6, 6.07) is 16.9. The molecule has 0 amide bonds. The number of hydrogen-bond donors (Lipinski definition) is 0. The zero-order valence-electron chi connectivity index (χ0n) is 14.3. The van der Waals surface area contributed by atoms with Gasteiger partial charge in [-0.05, 0) is 82.6 Å². The normalized spacial score (nSPS) is 11.8. The van der Waals surface area contributed by atoms with Crippen molar-refractivity contribution >= 4 is 76.0 Å². The molecular formula is C22H14O2S2. The van der Waals surface area contributed by atoms with Crippen LogP contribution in [0.2, 0.25) is 0 Å². The largest absolute Gasteiger partial charge is 0.294 e. The van der Waals surface area contributed by atoms with Crippen LogP contribution in [0.15, 0.2) is 48.5 Å². The van der Waals surface area contributed by atoms with Crippen molar-refractivity contribution in [1.82, 2.24) is 0 Å². The van der Waals surface area contributed by atoms with Crippen molar-refractivity contribution in [3.05, 3.63) is 58.3 Å². The molecule has 0 bridgehead atoms. The second kappa shape index (κ2) is 5.47. The van der Waals surface area contributed by atoms with E-state index in [2.05, 4.69) is 36.4 Å². The number of rotatable bonds is 2. The molecule has 0 aliphatic rings. The van der Waals surface area contributed by atoms with Crippen molar-refractivity contribution in [2.24, 2.45) is 0 Å². The van der Waals surface area contributed by atoms with Crippen molar-refractivity contribution in [3.8, 4) is 0 Å². The van der Waals surface area contributed by atoms with E-state index in [0.717, 1.165) is 29.9 Å². The van der Waals surface area contributed by atoms with E-state index >= 15 is 0 Å². The summed E-state index contributed by atoms with van der Waals surface area (Å²) in [6.07, 6.45) is 0. The molecule has 5 rings (SSSR count). The molecule has 0 aliphatic carbocycles. The lowest BCUT2D eigenvalue weighted by Crippen LogP contribution is -1.83. The Labute approximate surface area is 157 Å². The molecule has 0 atom stereocenters. The summed E-state index contributed by atoms with van der Waals surface area (Å²) >= 11 is 3.10. The monoisotopic (exact) mass is 374 g/mol. The van der Waals surface area contributed by atoms with Crippen LogP contribution in [0.1, 0.15) is 33.2 Å². The summed E-state index contributed by atoms with van der Waals surface area (Å²) in [5, 5.41) is 6.94. The highest BCUT2D eigenvalue weighted by Gasteiger charge is 2.11. The van der Waals surface area contributed by atoms with E-state index in [1.54, 1.807) is 36.5 Å². The van der Waals surface area contributed by atoms with Gasteiger partial charge in [-0.3, -0.25) is 9.59 Å². The second-order valence-electron chi connectivity index (χ2n) is 6.62. The summed E-state index contributed by atoms with van der Waals surface area (Å²) in [6.45, 7) is 3.22. The summed E-state index contributed by atoms with van der Waals surface area (Å²) in [5.74, 6) is 0.217. The quantitative estimate of drug-likeness (QED) is 0.251. The van der Waals surface area contributed by atoms with Crippen LogP contribution in [0.25, 0.3) is 41.7 Å². The molecule has 0 aliphatic heterocycles. The number of Topliss-reactive ketones (excluding diaryl/α,β-unsaturated/α-hetero) is 2. The van der Waals surface area contributed by atoms with Gasteiger partial charge in [0.1, 0.15) is 0 Å². The molecule has 2 aromatic heterocycles. The van der Waals surface area contributed by atoms with Gasteiger partial charge >= 0.3 is 0 Å². The topological polar surface area (TPSA) is 34.1 Å². The maximum absolute atomic E-state index is 11.7. The third-order valence-electron chi connectivity index (χ3n) is 4.80. The van der Waals surface area contributed by atoms with Gasteiger partial charge in [-0.1, -0.05) is 12.1 Å². The van der Waals surface area contributed by atoms with E-state index in [1.165, 1.54) is 21.5 Å². The first-order valence-corrected chi connectivity index (χ1v) is 9.98. The molecule has 126 valence electrons. The lowest BCUT2D eigenvalue weighted by atomic mass is 10.00. The van der Waals surface area contributed by atoms with Crippen LogP contribution in [-0.2, 0) is 0 Å². The number of fused-ring (bicyclic) bond motifs is 5. The molecular weight excluding hydrogens is 360 g/mol. The fraction of sp³-hybridized carbons (Fsp3) is 0.0909. The SMILES string of the molecule is CC(=O)c1cc2cc3ccc4cc5cc(C(C)=O)sc5cc4c3cc2s1. The molecule has 2 nitrogen and oxygen atoms in total. The van der Waals surface area contributed by atoms with Crippen molar-refractivity contribution in [2.45, 2.75) is 13.8 Å². The molecule has 5 aromatic rings. The molecule has 0 saturated heterocycles. The highest BCUT2D eigenvalue weighted by Crippen LogP contribution is 2.37. The average molecular weight is 374 g/mol. The van der Waals surface area contributed by atoms with Crippen molar-refractivity contribution < 1.29 is 9.59 Å². The average Bonchev–Trinajstić information content (AvgIpc) is 3.21. The first-order chi connectivity index (χ1) is 12.5. The smallest absolute Gasteiger partial charge is 0.169 e. The molecule has 4 heteroatoms. The Kier molecular flexibility index (Phi) is 3.30. The molecule has 0 radical (unpaired) electrons. The number of hydrogen-bond acceptors (Lipinski definition) is 4. The van der Waals surface area contributed by atoms with Gasteiger partial charge < -0.3 is 0 Å². The summed E-state index contributed by atoms with van der Waals surface area (Å²) in [4.78, 5) is 25.0. The number of carbonyl (C=O) groups is 2. The van der Waals surface area contributed by atoms with E-state index in [0.29, 0.717) is 0 Å². The zero-order chi connectivity index (χ0) is 18.0. The lowest BCUT2D eigenvalue weighted by Gasteiger charge is -2.05. The van der Waals surface area contributed by atoms with Crippen LogP contribution >= 0.6 is 22.7 Å². The van der Waals surface area contributed by atoms with E-state index in [-0.39, 0.29) is 11.6 Å². The van der Waals surface area contributed by atoms with Gasteiger partial charge in [-0.25, -0.2) is 0 Å². The van der Waals surface area contributed by atoms with Crippen LogP contribution in [0, 0.1) is 0 Å². The molecule has 0 saturated carbocycles. The van der Waals surface area contributed by atoms with Gasteiger partial charge in [0, 0.05) is 9.40 Å². The molecule has 0 unspecified atom stereocenters. The zero-order valence-corrected chi connectivity index (χ0v) is 15.9. The maximum atomic E-state index is 11.7. The Hall–Kier alpha value is -2.56. The fourth-order valence-corrected chi connectivity index (χ4v) is 5.44. The lowest BCUT2D eigenvalue weighted by molar-refractivity contribution is 0.101. The van der Waals surface area contributed by atoms with Crippen LogP contribution < -0.4 is 0 Å². The van der Waals surface area contributed by atoms with Crippen molar-refractivity contribution in [1.29, 1.82) is 0 Å². The van der Waals surface area contributed by atoms with Crippen molar-refractivity contribution in [3.63, 3.8) is 0 Å². The Bertz CT molecular complexity index is 1280. The molecule has 26 heavy (non-hydrogen) atoms. The van der Waals surface area contributed by atoms with Gasteiger partial charge in [0.2, 0.25) is 0 Å². The highest BCUT2D eigenvalue weighted by molar-refractivity contribution is 7.21. The molecule has 0 spiro atoms. The minimum absolute atomic E-state index is 0.108. The number of carbonyl (C=O) groups excluding carboxylic acids is 2. The van der Waals surface area contributed by atoms with Gasteiger partial charge in [0.25, 0.3) is 0 Å². The number of ketones is 2. The Balaban J connectivity index is 1.86. The predicted octanol–water partition coefficient (Wildman–Crippen LogP) is 6.83. The fourth-order valence-electron chi connectivity index (χ4n) is 3.48. The van der Waals surface area contributed by atoms with E-state index in [4.69, 9.17) is 0 Å². The molecule has 0 N–H and O–H groups in total. The third-order valence-corrected chi connectivity index (χ3v) is 7.20. The minimum atomic E-state index is 0.108. The van der Waals surface area contributed by atoms with Gasteiger partial charge in [-0.2, -0.15) is 0 Å². The standard InChI is InChI=1S/C22H14O2S2/c1-11(23)19-7-15-5-13-3-4-14-6-16-8-20(12(2)24)26-22(16)10-18(14)17(13)9-21(15)25-19/h3-10H,1-2H3. The third kappa shape index (κ3) is 2.30. The predicted molar refractivity (Wildman–Crippen MR) is 112 cm³/mol. The Morgan fingerprint density at radius 2 is 1.04 bits per heavy atom. The van der Waals surface area contributed by atoms with E-state index in [9.17, 15) is 9.59 Å². The number of thiophene rings is 2.